The third-order valence-corrected chi connectivity index (χ3v) is 6.30. The Bertz CT molecular complexity index is 1120. The van der Waals surface area contributed by atoms with Crippen LogP contribution < -0.4 is 9.64 Å². The van der Waals surface area contributed by atoms with Gasteiger partial charge in [0.2, 0.25) is 0 Å². The number of aromatic amines is 1. The van der Waals surface area contributed by atoms with Crippen molar-refractivity contribution in [1.82, 2.24) is 9.55 Å². The SMILES string of the molecule is COc1ccc2c(ccn2CCCc2c[nH]c3ccccc23)c1N1CCCCC1. The molecule has 0 spiro atoms. The normalized spacial score (nSPS) is 14.7. The monoisotopic (exact) mass is 387 g/mol. The Hall–Kier alpha value is -2.88. The molecule has 0 unspecified atom stereocenters. The molecule has 1 aliphatic heterocycles. The molecule has 1 fully saturated rings. The molecule has 0 atom stereocenters. The first-order chi connectivity index (χ1) is 14.3. The van der Waals surface area contributed by atoms with Crippen LogP contribution in [0, 0.1) is 0 Å². The van der Waals surface area contributed by atoms with E-state index < -0.39 is 0 Å². The smallest absolute Gasteiger partial charge is 0.142 e. The van der Waals surface area contributed by atoms with Crippen LogP contribution in [0.25, 0.3) is 21.8 Å². The molecule has 0 aliphatic carbocycles. The summed E-state index contributed by atoms with van der Waals surface area (Å²) in [6.07, 6.45) is 10.5. The Morgan fingerprint density at radius 1 is 0.966 bits per heavy atom. The second-order valence-corrected chi connectivity index (χ2v) is 8.07. The van der Waals surface area contributed by atoms with Crippen LogP contribution in [0.3, 0.4) is 0 Å². The maximum Gasteiger partial charge on any atom is 0.142 e. The predicted octanol–water partition coefficient (Wildman–Crippen LogP) is 5.75. The summed E-state index contributed by atoms with van der Waals surface area (Å²) in [5.74, 6) is 0.996. The number of nitrogens with zero attached hydrogens (tertiary/aromatic N) is 2. The molecular weight excluding hydrogens is 358 g/mol. The lowest BCUT2D eigenvalue weighted by molar-refractivity contribution is 0.413. The van der Waals surface area contributed by atoms with Crippen molar-refractivity contribution in [1.29, 1.82) is 0 Å². The van der Waals surface area contributed by atoms with Gasteiger partial charge in [-0.15, -0.1) is 0 Å². The van der Waals surface area contributed by atoms with Crippen LogP contribution in [-0.4, -0.2) is 29.8 Å². The highest BCUT2D eigenvalue weighted by atomic mass is 16.5. The van der Waals surface area contributed by atoms with Gasteiger partial charge in [0.05, 0.1) is 18.3 Å². The lowest BCUT2D eigenvalue weighted by Crippen LogP contribution is -2.29. The molecule has 4 aromatic rings. The predicted molar refractivity (Wildman–Crippen MR) is 121 cm³/mol. The Morgan fingerprint density at radius 2 is 1.83 bits per heavy atom. The van der Waals surface area contributed by atoms with E-state index >= 15 is 0 Å². The zero-order chi connectivity index (χ0) is 19.6. The lowest BCUT2D eigenvalue weighted by Gasteiger charge is -2.30. The fourth-order valence-electron chi connectivity index (χ4n) is 4.82. The number of rotatable bonds is 6. The molecule has 5 rings (SSSR count). The number of hydrogen-bond acceptors (Lipinski definition) is 2. The van der Waals surface area contributed by atoms with E-state index in [0.29, 0.717) is 0 Å². The maximum absolute atomic E-state index is 5.73. The fraction of sp³-hybridized carbons (Fsp3) is 0.360. The van der Waals surface area contributed by atoms with E-state index in [9.17, 15) is 0 Å². The molecule has 1 aliphatic rings. The zero-order valence-electron chi connectivity index (χ0n) is 17.2. The number of hydrogen-bond donors (Lipinski definition) is 1. The van der Waals surface area contributed by atoms with Gasteiger partial charge < -0.3 is 19.2 Å². The molecular formula is C25H29N3O. The number of methoxy groups -OCH3 is 1. The molecule has 0 bridgehead atoms. The van der Waals surface area contributed by atoms with Gasteiger partial charge in [-0.3, -0.25) is 0 Å². The molecule has 150 valence electrons. The summed E-state index contributed by atoms with van der Waals surface area (Å²) in [5, 5.41) is 2.67. The summed E-state index contributed by atoms with van der Waals surface area (Å²) in [4.78, 5) is 5.91. The Morgan fingerprint density at radius 3 is 2.69 bits per heavy atom. The number of fused-ring (bicyclic) bond motifs is 2. The van der Waals surface area contributed by atoms with Crippen molar-refractivity contribution in [2.45, 2.75) is 38.6 Å². The molecule has 4 nitrogen and oxygen atoms in total. The van der Waals surface area contributed by atoms with Crippen LogP contribution in [-0.2, 0) is 13.0 Å². The van der Waals surface area contributed by atoms with Crippen LogP contribution in [0.15, 0.2) is 54.9 Å². The van der Waals surface area contributed by atoms with E-state index in [1.54, 1.807) is 7.11 Å². The van der Waals surface area contributed by atoms with Gasteiger partial charge in [-0.05, 0) is 61.9 Å². The van der Waals surface area contributed by atoms with E-state index in [2.05, 4.69) is 69.3 Å². The van der Waals surface area contributed by atoms with Gasteiger partial charge in [0.25, 0.3) is 0 Å². The van der Waals surface area contributed by atoms with Gasteiger partial charge in [-0.25, -0.2) is 0 Å². The number of nitrogens with one attached hydrogen (secondary N) is 1. The van der Waals surface area contributed by atoms with Gasteiger partial charge in [-0.1, -0.05) is 18.2 Å². The number of anilines is 1. The summed E-state index contributed by atoms with van der Waals surface area (Å²) >= 11 is 0. The standard InChI is InChI=1S/C25H29N3O/c1-29-24-12-11-23-21(25(24)28-14-5-2-6-15-28)13-17-27(23)16-7-8-19-18-26-22-10-4-3-9-20(19)22/h3-4,9-13,17-18,26H,2,5-8,14-16H2,1H3. The van der Waals surface area contributed by atoms with Crippen LogP contribution in [0.1, 0.15) is 31.2 Å². The summed E-state index contributed by atoms with van der Waals surface area (Å²) in [5.41, 5.74) is 5.23. The average Bonchev–Trinajstić information content (AvgIpc) is 3.38. The first kappa shape index (κ1) is 18.2. The molecule has 1 N–H and O–H groups in total. The van der Waals surface area contributed by atoms with E-state index in [-0.39, 0.29) is 0 Å². The quantitative estimate of drug-likeness (QED) is 0.457. The molecule has 0 amide bonds. The number of benzene rings is 2. The number of H-pyrrole nitrogens is 1. The summed E-state index contributed by atoms with van der Waals surface area (Å²) in [7, 11) is 1.78. The van der Waals surface area contributed by atoms with Crippen molar-refractivity contribution in [2.24, 2.45) is 0 Å². The van der Waals surface area contributed by atoms with Crippen LogP contribution in [0.4, 0.5) is 5.69 Å². The van der Waals surface area contributed by atoms with Crippen molar-refractivity contribution in [3.05, 3.63) is 60.4 Å². The number of aromatic nitrogens is 2. The van der Waals surface area contributed by atoms with E-state index in [4.69, 9.17) is 4.74 Å². The average molecular weight is 388 g/mol. The first-order valence-electron chi connectivity index (χ1n) is 10.8. The van der Waals surface area contributed by atoms with Crippen molar-refractivity contribution < 1.29 is 4.74 Å². The van der Waals surface area contributed by atoms with Gasteiger partial charge in [0.15, 0.2) is 0 Å². The first-order valence-corrected chi connectivity index (χ1v) is 10.8. The van der Waals surface area contributed by atoms with Gasteiger partial charge >= 0.3 is 0 Å². The highest BCUT2D eigenvalue weighted by Gasteiger charge is 2.19. The Balaban J connectivity index is 1.38. The van der Waals surface area contributed by atoms with Gasteiger partial charge in [-0.2, -0.15) is 0 Å². The van der Waals surface area contributed by atoms with E-state index in [0.717, 1.165) is 38.2 Å². The van der Waals surface area contributed by atoms with Crippen molar-refractivity contribution in [2.75, 3.05) is 25.1 Å². The Kier molecular flexibility index (Phi) is 4.92. The number of piperidine rings is 1. The summed E-state index contributed by atoms with van der Waals surface area (Å²) in [6.45, 7) is 3.28. The lowest BCUT2D eigenvalue weighted by atomic mass is 10.1. The van der Waals surface area contributed by atoms with Crippen molar-refractivity contribution >= 4 is 27.5 Å². The molecule has 0 radical (unpaired) electrons. The topological polar surface area (TPSA) is 33.2 Å². The van der Waals surface area contributed by atoms with Crippen LogP contribution in [0.2, 0.25) is 0 Å². The molecule has 1 saturated heterocycles. The molecule has 2 aromatic heterocycles. The number of ether oxygens (including phenoxy) is 1. The largest absolute Gasteiger partial charge is 0.495 e. The minimum Gasteiger partial charge on any atom is -0.495 e. The van der Waals surface area contributed by atoms with Crippen LogP contribution >= 0.6 is 0 Å². The minimum absolute atomic E-state index is 0.996. The minimum atomic E-state index is 0.996. The molecule has 0 saturated carbocycles. The van der Waals surface area contributed by atoms with Crippen molar-refractivity contribution in [3.63, 3.8) is 0 Å². The number of para-hydroxylation sites is 1. The van der Waals surface area contributed by atoms with Crippen LogP contribution in [0.5, 0.6) is 5.75 Å². The highest BCUT2D eigenvalue weighted by molar-refractivity contribution is 5.96. The third kappa shape index (κ3) is 3.37. The van der Waals surface area contributed by atoms with E-state index in [1.165, 1.54) is 52.3 Å². The second-order valence-electron chi connectivity index (χ2n) is 8.07. The molecule has 4 heteroatoms. The van der Waals surface area contributed by atoms with Gasteiger partial charge in [0, 0.05) is 48.3 Å². The van der Waals surface area contributed by atoms with Gasteiger partial charge in [0.1, 0.15) is 5.75 Å². The molecule has 29 heavy (non-hydrogen) atoms. The number of aryl methyl sites for hydroxylation is 2. The zero-order valence-corrected chi connectivity index (χ0v) is 17.2. The molecule has 2 aromatic carbocycles. The second kappa shape index (κ2) is 7.86. The molecule has 3 heterocycles. The Labute approximate surface area is 172 Å². The fourth-order valence-corrected chi connectivity index (χ4v) is 4.82. The highest BCUT2D eigenvalue weighted by Crippen LogP contribution is 2.38. The van der Waals surface area contributed by atoms with Crippen molar-refractivity contribution in [3.8, 4) is 5.75 Å². The summed E-state index contributed by atoms with van der Waals surface area (Å²) < 4.78 is 8.13. The maximum atomic E-state index is 5.73. The van der Waals surface area contributed by atoms with E-state index in [1.807, 2.05) is 0 Å². The summed E-state index contributed by atoms with van der Waals surface area (Å²) in [6, 6.07) is 15.2. The third-order valence-electron chi connectivity index (χ3n) is 6.30.